The molecule has 3 atom stereocenters. The number of thioether (sulfide) groups is 1. The number of rotatable bonds is 5. The Hall–Kier alpha value is -0.710. The summed E-state index contributed by atoms with van der Waals surface area (Å²) in [5.74, 6) is 1.01. The van der Waals surface area contributed by atoms with E-state index in [-0.39, 0.29) is 6.03 Å². The van der Waals surface area contributed by atoms with E-state index in [9.17, 15) is 9.59 Å². The Labute approximate surface area is 93.6 Å². The van der Waals surface area contributed by atoms with E-state index in [0.717, 1.165) is 25.0 Å². The van der Waals surface area contributed by atoms with Crippen LogP contribution < -0.4 is 10.6 Å². The summed E-state index contributed by atoms with van der Waals surface area (Å²) in [5, 5.41) is 6.39. The van der Waals surface area contributed by atoms with Gasteiger partial charge in [0.25, 0.3) is 0 Å². The topological polar surface area (TPSA) is 58.2 Å². The first-order valence-electron chi connectivity index (χ1n) is 5.35. The van der Waals surface area contributed by atoms with Gasteiger partial charge in [0.2, 0.25) is 0 Å². The molecular weight excluding hydrogens is 212 g/mol. The van der Waals surface area contributed by atoms with Crippen LogP contribution in [0.3, 0.4) is 0 Å². The second kappa shape index (κ2) is 4.88. The zero-order chi connectivity index (χ0) is 10.7. The molecule has 4 nitrogen and oxygen atoms in total. The summed E-state index contributed by atoms with van der Waals surface area (Å²) in [6.07, 6.45) is 5.49. The number of hydrogen-bond donors (Lipinski definition) is 2. The van der Waals surface area contributed by atoms with Crippen molar-refractivity contribution < 1.29 is 9.59 Å². The van der Waals surface area contributed by atoms with Crippen molar-refractivity contribution in [1.29, 1.82) is 0 Å². The maximum atomic E-state index is 11.1. The summed E-state index contributed by atoms with van der Waals surface area (Å²) in [6, 6.07) is 0.573. The SMILES string of the molecule is O=[C]CCCCC1SCC2NC(=O)NC21. The Kier molecular flexibility index (Phi) is 3.51. The number of urea groups is 1. The van der Waals surface area contributed by atoms with Crippen LogP contribution in [0, 0.1) is 0 Å². The molecule has 2 N–H and O–H groups in total. The van der Waals surface area contributed by atoms with Crippen LogP contribution in [-0.4, -0.2) is 35.4 Å². The van der Waals surface area contributed by atoms with Crippen molar-refractivity contribution in [3.63, 3.8) is 0 Å². The molecule has 0 aliphatic carbocycles. The third kappa shape index (κ3) is 2.45. The first kappa shape index (κ1) is 10.8. The van der Waals surface area contributed by atoms with Crippen molar-refractivity contribution in [1.82, 2.24) is 10.6 Å². The predicted octanol–water partition coefficient (Wildman–Crippen LogP) is 0.822. The minimum absolute atomic E-state index is 0.0310. The van der Waals surface area contributed by atoms with Crippen molar-refractivity contribution in [3.05, 3.63) is 0 Å². The smallest absolute Gasteiger partial charge is 0.315 e. The molecule has 3 unspecified atom stereocenters. The monoisotopic (exact) mass is 227 g/mol. The minimum Gasteiger partial charge on any atom is -0.332 e. The number of nitrogens with one attached hydrogen (secondary N) is 2. The zero-order valence-electron chi connectivity index (χ0n) is 8.49. The van der Waals surface area contributed by atoms with E-state index in [2.05, 4.69) is 10.6 Å². The summed E-state index contributed by atoms with van der Waals surface area (Å²) in [7, 11) is 0. The molecule has 2 rings (SSSR count). The summed E-state index contributed by atoms with van der Waals surface area (Å²) < 4.78 is 0. The third-order valence-corrected chi connectivity index (χ3v) is 4.46. The maximum absolute atomic E-state index is 11.1. The second-order valence-corrected chi connectivity index (χ2v) is 5.28. The van der Waals surface area contributed by atoms with E-state index in [1.165, 1.54) is 0 Å². The molecule has 0 saturated carbocycles. The van der Waals surface area contributed by atoms with Gasteiger partial charge < -0.3 is 10.6 Å². The highest BCUT2D eigenvalue weighted by atomic mass is 32.2. The van der Waals surface area contributed by atoms with E-state index in [1.54, 1.807) is 0 Å². The molecule has 2 saturated heterocycles. The fraction of sp³-hybridized carbons (Fsp3) is 0.800. The van der Waals surface area contributed by atoms with Gasteiger partial charge >= 0.3 is 6.03 Å². The molecule has 0 aromatic carbocycles. The molecule has 2 aliphatic rings. The fourth-order valence-electron chi connectivity index (χ4n) is 2.19. The third-order valence-electron chi connectivity index (χ3n) is 2.96. The van der Waals surface area contributed by atoms with Gasteiger partial charge in [-0.15, -0.1) is 0 Å². The van der Waals surface area contributed by atoms with Crippen LogP contribution >= 0.6 is 11.8 Å². The number of fused-ring (bicyclic) bond motifs is 1. The Morgan fingerprint density at radius 3 is 3.07 bits per heavy atom. The van der Waals surface area contributed by atoms with Crippen LogP contribution in [0.4, 0.5) is 4.79 Å². The van der Waals surface area contributed by atoms with Crippen molar-refractivity contribution in [2.75, 3.05) is 5.75 Å². The summed E-state index contributed by atoms with van der Waals surface area (Å²) in [4.78, 5) is 21.1. The highest BCUT2D eigenvalue weighted by Gasteiger charge is 2.42. The number of carbonyl (C=O) groups excluding carboxylic acids is 2. The molecule has 5 heteroatoms. The lowest BCUT2D eigenvalue weighted by Gasteiger charge is -2.15. The number of carbonyl (C=O) groups is 1. The van der Waals surface area contributed by atoms with Gasteiger partial charge in [-0.1, -0.05) is 6.42 Å². The van der Waals surface area contributed by atoms with E-state index >= 15 is 0 Å². The molecule has 83 valence electrons. The van der Waals surface area contributed by atoms with Crippen molar-refractivity contribution >= 4 is 24.1 Å². The maximum Gasteiger partial charge on any atom is 0.315 e. The van der Waals surface area contributed by atoms with Crippen molar-refractivity contribution in [2.45, 2.75) is 43.0 Å². The standard InChI is InChI=1S/C10H15N2O2S/c13-5-3-1-2-4-8-9-7(6-15-8)11-10(14)12-9/h7-9H,1-4,6H2,(H2,11,12,14). The van der Waals surface area contributed by atoms with Crippen LogP contribution in [0.5, 0.6) is 0 Å². The first-order valence-corrected chi connectivity index (χ1v) is 6.40. The van der Waals surface area contributed by atoms with Gasteiger partial charge in [0, 0.05) is 17.4 Å². The number of hydrogen-bond acceptors (Lipinski definition) is 3. The second-order valence-electron chi connectivity index (χ2n) is 4.01. The molecule has 1 radical (unpaired) electrons. The molecule has 2 fully saturated rings. The zero-order valence-corrected chi connectivity index (χ0v) is 9.31. The fourth-order valence-corrected chi connectivity index (χ4v) is 3.73. The molecule has 15 heavy (non-hydrogen) atoms. The Morgan fingerprint density at radius 1 is 1.40 bits per heavy atom. The van der Waals surface area contributed by atoms with Crippen molar-refractivity contribution in [3.8, 4) is 0 Å². The number of unbranched alkanes of at least 4 members (excludes halogenated alkanes) is 2. The average molecular weight is 227 g/mol. The van der Waals surface area contributed by atoms with Crippen LogP contribution in [0.1, 0.15) is 25.7 Å². The Bertz CT molecular complexity index is 260. The summed E-state index contributed by atoms with van der Waals surface area (Å²) in [5.41, 5.74) is 0. The molecule has 0 bridgehead atoms. The minimum atomic E-state index is -0.0310. The van der Waals surface area contributed by atoms with Crippen LogP contribution in [-0.2, 0) is 4.79 Å². The molecule has 0 aromatic rings. The quantitative estimate of drug-likeness (QED) is 0.540. The van der Waals surface area contributed by atoms with Gasteiger partial charge in [0.1, 0.15) is 0 Å². The molecule has 0 aromatic heterocycles. The van der Waals surface area contributed by atoms with E-state index in [1.807, 2.05) is 18.0 Å². The average Bonchev–Trinajstić information content (AvgIpc) is 2.73. The molecule has 2 heterocycles. The van der Waals surface area contributed by atoms with Gasteiger partial charge in [-0.05, 0) is 12.8 Å². The normalized spacial score (nSPS) is 33.3. The lowest BCUT2D eigenvalue weighted by Crippen LogP contribution is -2.36. The van der Waals surface area contributed by atoms with Crippen LogP contribution in [0.25, 0.3) is 0 Å². The molecule has 2 amide bonds. The van der Waals surface area contributed by atoms with Gasteiger partial charge in [-0.25, -0.2) is 4.79 Å². The van der Waals surface area contributed by atoms with Gasteiger partial charge in [-0.2, -0.15) is 11.8 Å². The Balaban J connectivity index is 1.74. The summed E-state index contributed by atoms with van der Waals surface area (Å²) >= 11 is 1.92. The van der Waals surface area contributed by atoms with E-state index < -0.39 is 0 Å². The lowest BCUT2D eigenvalue weighted by atomic mass is 10.0. The number of amides is 2. The molecule has 2 aliphatic heterocycles. The largest absolute Gasteiger partial charge is 0.332 e. The molecular formula is C10H15N2O2S. The first-order chi connectivity index (χ1) is 7.31. The Morgan fingerprint density at radius 2 is 2.27 bits per heavy atom. The van der Waals surface area contributed by atoms with Gasteiger partial charge in [-0.3, -0.25) is 4.79 Å². The van der Waals surface area contributed by atoms with E-state index in [4.69, 9.17) is 0 Å². The van der Waals surface area contributed by atoms with E-state index in [0.29, 0.717) is 23.8 Å². The predicted molar refractivity (Wildman–Crippen MR) is 59.7 cm³/mol. The highest BCUT2D eigenvalue weighted by molar-refractivity contribution is 8.00. The summed E-state index contributed by atoms with van der Waals surface area (Å²) in [6.45, 7) is 0. The lowest BCUT2D eigenvalue weighted by molar-refractivity contribution is 0.247. The van der Waals surface area contributed by atoms with Crippen molar-refractivity contribution in [2.24, 2.45) is 0 Å². The highest BCUT2D eigenvalue weighted by Crippen LogP contribution is 2.33. The van der Waals surface area contributed by atoms with Crippen LogP contribution in [0.2, 0.25) is 0 Å². The van der Waals surface area contributed by atoms with Gasteiger partial charge in [0.15, 0.2) is 6.29 Å². The van der Waals surface area contributed by atoms with Gasteiger partial charge in [0.05, 0.1) is 12.1 Å². The van der Waals surface area contributed by atoms with Crippen LogP contribution in [0.15, 0.2) is 0 Å². The molecule has 0 spiro atoms.